The third-order valence-corrected chi connectivity index (χ3v) is 4.79. The van der Waals surface area contributed by atoms with Crippen LogP contribution < -0.4 is 10.1 Å². The number of nitrogens with one attached hydrogen (secondary N) is 1. The van der Waals surface area contributed by atoms with E-state index in [4.69, 9.17) is 24.5 Å². The van der Waals surface area contributed by atoms with E-state index in [9.17, 15) is 9.65 Å². The van der Waals surface area contributed by atoms with E-state index in [-0.39, 0.29) is 11.7 Å². The smallest absolute Gasteiger partial charge is 0.414 e. The van der Waals surface area contributed by atoms with Gasteiger partial charge in [0.15, 0.2) is 0 Å². The second-order valence-electron chi connectivity index (χ2n) is 6.52. The first-order chi connectivity index (χ1) is 14.3. The Kier molecular flexibility index (Phi) is 8.77. The first-order valence-electron chi connectivity index (χ1n) is 9.12. The molecule has 0 aromatic heterocycles. The summed E-state index contributed by atoms with van der Waals surface area (Å²) in [6.45, 7) is 0.842. The Morgan fingerprint density at radius 2 is 1.87 bits per heavy atom. The fourth-order valence-electron chi connectivity index (χ4n) is 2.53. The Labute approximate surface area is 181 Å². The number of benzene rings is 2. The number of hydrogen-bond acceptors (Lipinski definition) is 5. The Bertz CT molecular complexity index is 917. The zero-order chi connectivity index (χ0) is 22.1. The van der Waals surface area contributed by atoms with Crippen molar-refractivity contribution < 1.29 is 28.9 Å². The number of carbonyl (C=O) groups is 2. The van der Waals surface area contributed by atoms with E-state index >= 15 is 0 Å². The van der Waals surface area contributed by atoms with Crippen molar-refractivity contribution >= 4 is 27.9 Å². The van der Waals surface area contributed by atoms with Gasteiger partial charge in [0.05, 0.1) is 10.0 Å². The molecule has 0 amide bonds. The van der Waals surface area contributed by atoms with Crippen molar-refractivity contribution in [2.45, 2.75) is 31.4 Å². The molecular weight excluding hydrogens is 459 g/mol. The van der Waals surface area contributed by atoms with Crippen molar-refractivity contribution in [3.05, 3.63) is 63.9 Å². The van der Waals surface area contributed by atoms with Gasteiger partial charge in [0.1, 0.15) is 23.7 Å². The van der Waals surface area contributed by atoms with Crippen molar-refractivity contribution in [1.82, 2.24) is 5.32 Å². The monoisotopic (exact) mass is 478 g/mol. The van der Waals surface area contributed by atoms with Gasteiger partial charge in [-0.25, -0.2) is 14.0 Å². The van der Waals surface area contributed by atoms with Crippen molar-refractivity contribution in [3.8, 4) is 11.8 Å². The van der Waals surface area contributed by atoms with Crippen molar-refractivity contribution in [2.24, 2.45) is 0 Å². The van der Waals surface area contributed by atoms with Gasteiger partial charge < -0.3 is 20.3 Å². The minimum Gasteiger partial charge on any atom is -0.484 e. The lowest BCUT2D eigenvalue weighted by Crippen LogP contribution is -2.21. The average Bonchev–Trinajstić information content (AvgIpc) is 3.55. The standard InChI is InChI=1S/C19H18BrFN2O.C2H2O4/c20-16-11-19(14(12-22)10-17(16)21)24-18(8-9-23-15-6-7-15)13-4-2-1-3-5-13;3-1(4)2(5)6/h1-5,10-11,15,18,23H,6-9H2;(H,3,4)(H,5,6)/t18-;/m1./s1. The van der Waals surface area contributed by atoms with Crippen LogP contribution in [0.3, 0.4) is 0 Å². The minimum atomic E-state index is -1.82. The normalized spacial score (nSPS) is 13.4. The number of aliphatic carboxylic acids is 2. The number of carboxylic acid groups (broad SMARTS) is 2. The first-order valence-corrected chi connectivity index (χ1v) is 9.91. The zero-order valence-corrected chi connectivity index (χ0v) is 17.4. The zero-order valence-electron chi connectivity index (χ0n) is 15.8. The SMILES string of the molecule is N#Cc1cc(F)c(Br)cc1O[C@H](CCNC1CC1)c1ccccc1.O=C(O)C(=O)O. The minimum absolute atomic E-state index is 0.193. The van der Waals surface area contributed by atoms with Gasteiger partial charge in [-0.3, -0.25) is 0 Å². The molecule has 158 valence electrons. The molecule has 1 fully saturated rings. The first kappa shape index (κ1) is 23.3. The van der Waals surface area contributed by atoms with Gasteiger partial charge in [0.25, 0.3) is 0 Å². The fourth-order valence-corrected chi connectivity index (χ4v) is 2.86. The van der Waals surface area contributed by atoms with Crippen LogP contribution in [0.25, 0.3) is 0 Å². The van der Waals surface area contributed by atoms with Crippen molar-refractivity contribution in [2.75, 3.05) is 6.54 Å². The summed E-state index contributed by atoms with van der Waals surface area (Å²) in [4.78, 5) is 18.2. The molecular formula is C21H20BrFN2O5. The summed E-state index contributed by atoms with van der Waals surface area (Å²) in [7, 11) is 0. The van der Waals surface area contributed by atoms with Gasteiger partial charge in [-0.15, -0.1) is 0 Å². The highest BCUT2D eigenvalue weighted by Gasteiger charge is 2.22. The van der Waals surface area contributed by atoms with E-state index in [0.29, 0.717) is 16.3 Å². The van der Waals surface area contributed by atoms with Gasteiger partial charge >= 0.3 is 11.9 Å². The molecule has 2 aromatic carbocycles. The van der Waals surface area contributed by atoms with Crippen LogP contribution in [0.15, 0.2) is 46.9 Å². The number of nitriles is 1. The van der Waals surface area contributed by atoms with Crippen LogP contribution in [0.4, 0.5) is 4.39 Å². The van der Waals surface area contributed by atoms with Gasteiger partial charge in [0.2, 0.25) is 0 Å². The third kappa shape index (κ3) is 7.46. The quantitative estimate of drug-likeness (QED) is 0.516. The second kappa shape index (κ2) is 11.3. The molecule has 0 heterocycles. The summed E-state index contributed by atoms with van der Waals surface area (Å²) in [6.07, 6.45) is 3.06. The topological polar surface area (TPSA) is 120 Å². The number of nitrogens with zero attached hydrogens (tertiary/aromatic N) is 1. The number of carboxylic acids is 2. The number of rotatable bonds is 7. The molecule has 0 saturated heterocycles. The maximum atomic E-state index is 13.6. The molecule has 0 bridgehead atoms. The molecule has 1 saturated carbocycles. The largest absolute Gasteiger partial charge is 0.484 e. The van der Waals surface area contributed by atoms with Gasteiger partial charge in [-0.05, 0) is 53.0 Å². The van der Waals surface area contributed by atoms with E-state index in [2.05, 4.69) is 21.2 Å². The van der Waals surface area contributed by atoms with Crippen LogP contribution in [0.2, 0.25) is 0 Å². The number of hydrogen-bond donors (Lipinski definition) is 3. The lowest BCUT2D eigenvalue weighted by Gasteiger charge is -2.21. The maximum Gasteiger partial charge on any atom is 0.414 e. The van der Waals surface area contributed by atoms with Crippen molar-refractivity contribution in [3.63, 3.8) is 0 Å². The van der Waals surface area contributed by atoms with E-state index in [1.165, 1.54) is 25.0 Å². The molecule has 0 radical (unpaired) electrons. The molecule has 1 aliphatic carbocycles. The summed E-state index contributed by atoms with van der Waals surface area (Å²) in [5.41, 5.74) is 1.24. The molecule has 1 aliphatic rings. The van der Waals surface area contributed by atoms with E-state index < -0.39 is 17.8 Å². The average molecular weight is 479 g/mol. The highest BCUT2D eigenvalue weighted by Crippen LogP contribution is 2.31. The third-order valence-electron chi connectivity index (χ3n) is 4.18. The maximum absolute atomic E-state index is 13.6. The summed E-state index contributed by atoms with van der Waals surface area (Å²) < 4.78 is 20.0. The molecule has 0 spiro atoms. The molecule has 30 heavy (non-hydrogen) atoms. The van der Waals surface area contributed by atoms with Crippen molar-refractivity contribution in [1.29, 1.82) is 5.26 Å². The second-order valence-corrected chi connectivity index (χ2v) is 7.37. The molecule has 0 aliphatic heterocycles. The van der Waals surface area contributed by atoms with Crippen LogP contribution in [0.5, 0.6) is 5.75 Å². The summed E-state index contributed by atoms with van der Waals surface area (Å²) >= 11 is 3.16. The highest BCUT2D eigenvalue weighted by atomic mass is 79.9. The number of ether oxygens (including phenoxy) is 1. The van der Waals surface area contributed by atoms with Gasteiger partial charge in [-0.1, -0.05) is 30.3 Å². The predicted octanol–water partition coefficient (Wildman–Crippen LogP) is 3.88. The Hall–Kier alpha value is -2.96. The molecule has 3 N–H and O–H groups in total. The van der Waals surface area contributed by atoms with Gasteiger partial charge in [0, 0.05) is 12.5 Å². The summed E-state index contributed by atoms with van der Waals surface area (Å²) in [5.74, 6) is -3.72. The van der Waals surface area contributed by atoms with Gasteiger partial charge in [-0.2, -0.15) is 5.26 Å². The van der Waals surface area contributed by atoms with E-state index in [1.807, 2.05) is 36.4 Å². The fraction of sp³-hybridized carbons (Fsp3) is 0.286. The molecule has 7 nitrogen and oxygen atoms in total. The lowest BCUT2D eigenvalue weighted by atomic mass is 10.1. The van der Waals surface area contributed by atoms with Crippen LogP contribution >= 0.6 is 15.9 Å². The Balaban J connectivity index is 0.000000469. The van der Waals surface area contributed by atoms with Crippen LogP contribution in [0, 0.1) is 17.1 Å². The van der Waals surface area contributed by atoms with E-state index in [0.717, 1.165) is 18.5 Å². The molecule has 2 aromatic rings. The number of halogens is 2. The summed E-state index contributed by atoms with van der Waals surface area (Å²) in [6, 6.07) is 15.3. The van der Waals surface area contributed by atoms with E-state index in [1.54, 1.807) is 0 Å². The highest BCUT2D eigenvalue weighted by molar-refractivity contribution is 9.10. The molecule has 0 unspecified atom stereocenters. The van der Waals surface area contributed by atoms with Crippen LogP contribution in [-0.4, -0.2) is 34.7 Å². The summed E-state index contributed by atoms with van der Waals surface area (Å²) in [5, 5.41) is 27.5. The lowest BCUT2D eigenvalue weighted by molar-refractivity contribution is -0.159. The Morgan fingerprint density at radius 1 is 1.23 bits per heavy atom. The molecule has 3 rings (SSSR count). The van der Waals surface area contributed by atoms with Crippen LogP contribution in [0.1, 0.15) is 36.5 Å². The Morgan fingerprint density at radius 3 is 2.40 bits per heavy atom. The predicted molar refractivity (Wildman–Crippen MR) is 110 cm³/mol. The van der Waals surface area contributed by atoms with Crippen LogP contribution in [-0.2, 0) is 9.59 Å². The molecule has 1 atom stereocenters. The molecule has 9 heteroatoms.